The summed E-state index contributed by atoms with van der Waals surface area (Å²) in [6.45, 7) is 3.09. The molecular weight excluding hydrogens is 312 g/mol. The van der Waals surface area contributed by atoms with Crippen molar-refractivity contribution < 1.29 is 4.79 Å². The van der Waals surface area contributed by atoms with E-state index in [4.69, 9.17) is 0 Å². The second-order valence-corrected chi connectivity index (χ2v) is 5.77. The van der Waals surface area contributed by atoms with Gasteiger partial charge in [-0.15, -0.1) is 0 Å². The molecule has 1 amide bonds. The van der Waals surface area contributed by atoms with Crippen LogP contribution in [0, 0.1) is 0 Å². The molecule has 4 heteroatoms. The molecule has 3 rings (SSSR count). The average molecular weight is 332 g/mol. The van der Waals surface area contributed by atoms with Crippen LogP contribution in [-0.2, 0) is 6.54 Å². The average Bonchev–Trinajstić information content (AvgIpc) is 2.67. The molecule has 0 unspecified atom stereocenters. The summed E-state index contributed by atoms with van der Waals surface area (Å²) in [6.07, 6.45) is 1.62. The summed E-state index contributed by atoms with van der Waals surface area (Å²) in [5.41, 5.74) is 2.16. The number of carbonyl (C=O) groups excluding carboxylic acids is 1. The van der Waals surface area contributed by atoms with Gasteiger partial charge in [-0.25, -0.2) is 0 Å². The van der Waals surface area contributed by atoms with E-state index in [-0.39, 0.29) is 11.5 Å². The van der Waals surface area contributed by atoms with Crippen molar-refractivity contribution in [2.24, 2.45) is 0 Å². The van der Waals surface area contributed by atoms with Gasteiger partial charge in [0.05, 0.1) is 5.56 Å². The van der Waals surface area contributed by atoms with E-state index in [9.17, 15) is 9.59 Å². The minimum atomic E-state index is -0.158. The Balaban J connectivity index is 1.90. The third kappa shape index (κ3) is 3.86. The summed E-state index contributed by atoms with van der Waals surface area (Å²) in [7, 11) is 0. The number of carbonyl (C=O) groups is 1. The van der Waals surface area contributed by atoms with E-state index in [1.54, 1.807) is 17.2 Å². The second-order valence-electron chi connectivity index (χ2n) is 5.77. The third-order valence-electron chi connectivity index (χ3n) is 4.08. The zero-order chi connectivity index (χ0) is 17.6. The molecule has 1 aromatic heterocycles. The summed E-state index contributed by atoms with van der Waals surface area (Å²) in [6, 6.07) is 22.2. The van der Waals surface area contributed by atoms with Crippen LogP contribution in [0.1, 0.15) is 22.8 Å². The number of rotatable bonds is 5. The number of para-hydroxylation sites is 1. The second kappa shape index (κ2) is 7.62. The summed E-state index contributed by atoms with van der Waals surface area (Å²) in [4.78, 5) is 26.8. The van der Waals surface area contributed by atoms with Crippen LogP contribution in [0.25, 0.3) is 5.69 Å². The number of aromatic nitrogens is 1. The van der Waals surface area contributed by atoms with Crippen LogP contribution in [-0.4, -0.2) is 21.9 Å². The lowest BCUT2D eigenvalue weighted by molar-refractivity contribution is 0.0752. The molecule has 0 atom stereocenters. The van der Waals surface area contributed by atoms with Crippen LogP contribution in [0.4, 0.5) is 0 Å². The Kier molecular flexibility index (Phi) is 5.09. The van der Waals surface area contributed by atoms with Crippen LogP contribution in [0.5, 0.6) is 0 Å². The minimum Gasteiger partial charge on any atom is -0.335 e. The monoisotopic (exact) mass is 332 g/mol. The fourth-order valence-corrected chi connectivity index (χ4v) is 2.72. The van der Waals surface area contributed by atoms with E-state index < -0.39 is 0 Å². The first-order chi connectivity index (χ1) is 12.2. The molecule has 0 bridgehead atoms. The predicted molar refractivity (Wildman–Crippen MR) is 98.9 cm³/mol. The Labute approximate surface area is 147 Å². The highest BCUT2D eigenvalue weighted by atomic mass is 16.2. The molecule has 0 N–H and O–H groups in total. The van der Waals surface area contributed by atoms with Gasteiger partial charge >= 0.3 is 0 Å². The minimum absolute atomic E-state index is 0.0870. The van der Waals surface area contributed by atoms with E-state index in [1.165, 1.54) is 10.6 Å². The van der Waals surface area contributed by atoms with Gasteiger partial charge in [-0.3, -0.25) is 14.2 Å². The molecule has 3 aromatic rings. The van der Waals surface area contributed by atoms with Crippen LogP contribution in [0.2, 0.25) is 0 Å². The molecule has 0 radical (unpaired) electrons. The van der Waals surface area contributed by atoms with Crippen molar-refractivity contribution in [1.82, 2.24) is 9.47 Å². The Morgan fingerprint density at radius 2 is 1.56 bits per heavy atom. The lowest BCUT2D eigenvalue weighted by atomic mass is 10.2. The van der Waals surface area contributed by atoms with Crippen molar-refractivity contribution >= 4 is 5.91 Å². The van der Waals surface area contributed by atoms with Gasteiger partial charge in [0, 0.05) is 31.0 Å². The van der Waals surface area contributed by atoms with Crippen molar-refractivity contribution in [2.75, 3.05) is 6.54 Å². The standard InChI is InChI=1S/C21H20N2O2/c1-2-22(15-17-9-5-3-6-10-17)21(25)18-13-14-20(24)23(16-18)19-11-7-4-8-12-19/h3-14,16H,2,15H2,1H3. The maximum Gasteiger partial charge on any atom is 0.255 e. The molecule has 1 heterocycles. The predicted octanol–water partition coefficient (Wildman–Crippen LogP) is 3.50. The first-order valence-electron chi connectivity index (χ1n) is 8.30. The van der Waals surface area contributed by atoms with Crippen LogP contribution < -0.4 is 5.56 Å². The molecular formula is C21H20N2O2. The van der Waals surface area contributed by atoms with Crippen LogP contribution in [0.15, 0.2) is 83.8 Å². The number of hydrogen-bond acceptors (Lipinski definition) is 2. The normalized spacial score (nSPS) is 10.4. The number of amides is 1. The Bertz CT molecular complexity index is 902. The van der Waals surface area contributed by atoms with Gasteiger partial charge in [0.25, 0.3) is 11.5 Å². The smallest absolute Gasteiger partial charge is 0.255 e. The molecule has 0 aliphatic carbocycles. The van der Waals surface area contributed by atoms with Crippen molar-refractivity contribution in [1.29, 1.82) is 0 Å². The zero-order valence-corrected chi connectivity index (χ0v) is 14.1. The largest absolute Gasteiger partial charge is 0.335 e. The third-order valence-corrected chi connectivity index (χ3v) is 4.08. The van der Waals surface area contributed by atoms with Crippen molar-refractivity contribution in [2.45, 2.75) is 13.5 Å². The van der Waals surface area contributed by atoms with Crippen molar-refractivity contribution in [3.63, 3.8) is 0 Å². The van der Waals surface area contributed by atoms with E-state index in [0.29, 0.717) is 18.7 Å². The first kappa shape index (κ1) is 16.7. The van der Waals surface area contributed by atoms with Gasteiger partial charge in [0.15, 0.2) is 0 Å². The molecule has 0 saturated heterocycles. The van der Waals surface area contributed by atoms with E-state index in [1.807, 2.05) is 67.6 Å². The van der Waals surface area contributed by atoms with Crippen molar-refractivity contribution in [3.05, 3.63) is 100 Å². The molecule has 126 valence electrons. The van der Waals surface area contributed by atoms with Gasteiger partial charge in [-0.1, -0.05) is 48.5 Å². The zero-order valence-electron chi connectivity index (χ0n) is 14.1. The van der Waals surface area contributed by atoms with Gasteiger partial charge in [0.1, 0.15) is 0 Å². The van der Waals surface area contributed by atoms with Crippen LogP contribution >= 0.6 is 0 Å². The molecule has 2 aromatic carbocycles. The summed E-state index contributed by atoms with van der Waals surface area (Å²) >= 11 is 0. The fourth-order valence-electron chi connectivity index (χ4n) is 2.72. The molecule has 4 nitrogen and oxygen atoms in total. The molecule has 0 aliphatic heterocycles. The maximum absolute atomic E-state index is 12.9. The molecule has 0 fully saturated rings. The number of pyridine rings is 1. The van der Waals surface area contributed by atoms with E-state index in [2.05, 4.69) is 0 Å². The summed E-state index contributed by atoms with van der Waals surface area (Å²) < 4.78 is 1.50. The summed E-state index contributed by atoms with van der Waals surface area (Å²) in [5.74, 6) is -0.0870. The number of benzene rings is 2. The molecule has 0 saturated carbocycles. The lowest BCUT2D eigenvalue weighted by Crippen LogP contribution is -2.31. The topological polar surface area (TPSA) is 42.3 Å². The van der Waals surface area contributed by atoms with Gasteiger partial charge in [0.2, 0.25) is 0 Å². The maximum atomic E-state index is 12.9. The first-order valence-corrected chi connectivity index (χ1v) is 8.30. The highest BCUT2D eigenvalue weighted by molar-refractivity contribution is 5.94. The Hall–Kier alpha value is -3.14. The van der Waals surface area contributed by atoms with Crippen LogP contribution in [0.3, 0.4) is 0 Å². The molecule has 0 aliphatic rings. The SMILES string of the molecule is CCN(Cc1ccccc1)C(=O)c1ccc(=O)n(-c2ccccc2)c1. The Morgan fingerprint density at radius 1 is 0.920 bits per heavy atom. The van der Waals surface area contributed by atoms with Crippen molar-refractivity contribution in [3.8, 4) is 5.69 Å². The van der Waals surface area contributed by atoms with Gasteiger partial charge in [-0.05, 0) is 30.7 Å². The quantitative estimate of drug-likeness (QED) is 0.718. The Morgan fingerprint density at radius 3 is 2.20 bits per heavy atom. The number of nitrogens with zero attached hydrogens (tertiary/aromatic N) is 2. The van der Waals surface area contributed by atoms with E-state index >= 15 is 0 Å². The van der Waals surface area contributed by atoms with Gasteiger partial charge < -0.3 is 4.90 Å². The number of hydrogen-bond donors (Lipinski definition) is 0. The van der Waals surface area contributed by atoms with Gasteiger partial charge in [-0.2, -0.15) is 0 Å². The van der Waals surface area contributed by atoms with E-state index in [0.717, 1.165) is 11.3 Å². The summed E-state index contributed by atoms with van der Waals surface area (Å²) in [5, 5.41) is 0. The fraction of sp³-hybridized carbons (Fsp3) is 0.143. The lowest BCUT2D eigenvalue weighted by Gasteiger charge is -2.21. The highest BCUT2D eigenvalue weighted by Crippen LogP contribution is 2.11. The highest BCUT2D eigenvalue weighted by Gasteiger charge is 2.16. The molecule has 25 heavy (non-hydrogen) atoms. The molecule has 0 spiro atoms.